The number of hydrogen-bond donors (Lipinski definition) is 1. The lowest BCUT2D eigenvalue weighted by Gasteiger charge is -2.11. The van der Waals surface area contributed by atoms with E-state index in [9.17, 15) is 9.59 Å². The summed E-state index contributed by atoms with van der Waals surface area (Å²) in [7, 11) is 1.60. The first kappa shape index (κ1) is 27.0. The van der Waals surface area contributed by atoms with Crippen molar-refractivity contribution < 1.29 is 23.8 Å². The van der Waals surface area contributed by atoms with E-state index >= 15 is 0 Å². The van der Waals surface area contributed by atoms with Crippen molar-refractivity contribution in [2.75, 3.05) is 25.6 Å². The molecule has 1 amide bonds. The zero-order chi connectivity index (χ0) is 24.6. The van der Waals surface area contributed by atoms with E-state index in [0.29, 0.717) is 36.0 Å². The molecular weight excluding hydrogens is 430 g/mol. The average molecular weight is 468 g/mol. The van der Waals surface area contributed by atoms with E-state index in [4.69, 9.17) is 14.2 Å². The van der Waals surface area contributed by atoms with Crippen molar-refractivity contribution in [2.24, 2.45) is 0 Å². The summed E-state index contributed by atoms with van der Waals surface area (Å²) >= 11 is 0. The highest BCUT2D eigenvalue weighted by Crippen LogP contribution is 2.28. The van der Waals surface area contributed by atoms with Gasteiger partial charge in [0.25, 0.3) is 0 Å². The molecule has 184 valence electrons. The van der Waals surface area contributed by atoms with Gasteiger partial charge in [-0.05, 0) is 60.9 Å². The first-order chi connectivity index (χ1) is 16.6. The summed E-state index contributed by atoms with van der Waals surface area (Å²) in [5.41, 5.74) is 1.89. The standard InChI is InChI=1S/C28H37NO5/c1-4-6-8-10-20-34-28(31)23-13-15-24(16-14-23)29-27(30)18-12-22-11-17-25(26(21-22)32-3)33-19-9-7-5-2/h11-18,21H,4-10,19-20H2,1-3H3,(H,29,30)/b18-12+. The first-order valence-corrected chi connectivity index (χ1v) is 12.1. The molecule has 6 nitrogen and oxygen atoms in total. The van der Waals surface area contributed by atoms with Crippen molar-refractivity contribution in [3.8, 4) is 11.5 Å². The molecule has 0 fully saturated rings. The van der Waals surface area contributed by atoms with Gasteiger partial charge in [-0.25, -0.2) is 4.79 Å². The van der Waals surface area contributed by atoms with E-state index in [-0.39, 0.29) is 11.9 Å². The van der Waals surface area contributed by atoms with Gasteiger partial charge in [-0.3, -0.25) is 4.79 Å². The number of nitrogens with one attached hydrogen (secondary N) is 1. The molecule has 0 spiro atoms. The van der Waals surface area contributed by atoms with Crippen LogP contribution in [-0.4, -0.2) is 32.2 Å². The molecule has 0 aliphatic heterocycles. The summed E-state index contributed by atoms with van der Waals surface area (Å²) in [5.74, 6) is 0.706. The highest BCUT2D eigenvalue weighted by Gasteiger charge is 2.08. The van der Waals surface area contributed by atoms with Gasteiger partial charge in [0.2, 0.25) is 5.91 Å². The van der Waals surface area contributed by atoms with Crippen LogP contribution in [0.3, 0.4) is 0 Å². The van der Waals surface area contributed by atoms with Crippen LogP contribution < -0.4 is 14.8 Å². The number of methoxy groups -OCH3 is 1. The lowest BCUT2D eigenvalue weighted by atomic mass is 10.1. The number of carbonyl (C=O) groups is 2. The predicted octanol–water partition coefficient (Wildman–Crippen LogP) is 6.65. The monoisotopic (exact) mass is 467 g/mol. The van der Waals surface area contributed by atoms with Gasteiger partial charge in [0.15, 0.2) is 11.5 Å². The predicted molar refractivity (Wildman–Crippen MR) is 137 cm³/mol. The van der Waals surface area contributed by atoms with E-state index in [2.05, 4.69) is 19.2 Å². The Balaban J connectivity index is 1.85. The molecule has 34 heavy (non-hydrogen) atoms. The largest absolute Gasteiger partial charge is 0.493 e. The summed E-state index contributed by atoms with van der Waals surface area (Å²) in [6.45, 7) is 5.37. The minimum Gasteiger partial charge on any atom is -0.493 e. The number of hydrogen-bond acceptors (Lipinski definition) is 5. The van der Waals surface area contributed by atoms with E-state index in [1.807, 2.05) is 18.2 Å². The van der Waals surface area contributed by atoms with Crippen molar-refractivity contribution >= 4 is 23.6 Å². The SMILES string of the molecule is CCCCCCOC(=O)c1ccc(NC(=O)/C=C/c2ccc(OCCCCC)c(OC)c2)cc1. The quantitative estimate of drug-likeness (QED) is 0.180. The molecule has 0 bridgehead atoms. The number of amides is 1. The fourth-order valence-electron chi connectivity index (χ4n) is 3.26. The Labute approximate surface area is 203 Å². The van der Waals surface area contributed by atoms with Crippen LogP contribution in [0.15, 0.2) is 48.5 Å². The Kier molecular flexibility index (Phi) is 12.3. The highest BCUT2D eigenvalue weighted by atomic mass is 16.5. The third-order valence-corrected chi connectivity index (χ3v) is 5.24. The van der Waals surface area contributed by atoms with Gasteiger partial charge < -0.3 is 19.5 Å². The Morgan fingerprint density at radius 1 is 0.853 bits per heavy atom. The van der Waals surface area contributed by atoms with Gasteiger partial charge in [0, 0.05) is 11.8 Å². The molecule has 0 aliphatic carbocycles. The normalized spacial score (nSPS) is 10.8. The lowest BCUT2D eigenvalue weighted by Crippen LogP contribution is -2.09. The fourth-order valence-corrected chi connectivity index (χ4v) is 3.26. The summed E-state index contributed by atoms with van der Waals surface area (Å²) in [6.07, 6.45) is 10.7. The van der Waals surface area contributed by atoms with Gasteiger partial charge in [0.1, 0.15) is 0 Å². The number of unbranched alkanes of at least 4 members (excludes halogenated alkanes) is 5. The topological polar surface area (TPSA) is 73.9 Å². The van der Waals surface area contributed by atoms with Crippen molar-refractivity contribution in [1.82, 2.24) is 0 Å². The third kappa shape index (κ3) is 9.69. The van der Waals surface area contributed by atoms with E-state index in [1.54, 1.807) is 37.5 Å². The van der Waals surface area contributed by atoms with E-state index in [0.717, 1.165) is 50.5 Å². The zero-order valence-corrected chi connectivity index (χ0v) is 20.6. The van der Waals surface area contributed by atoms with Gasteiger partial charge >= 0.3 is 5.97 Å². The summed E-state index contributed by atoms with van der Waals surface area (Å²) in [4.78, 5) is 24.4. The van der Waals surface area contributed by atoms with Crippen molar-refractivity contribution in [3.05, 3.63) is 59.7 Å². The molecule has 0 atom stereocenters. The van der Waals surface area contributed by atoms with Crippen LogP contribution in [-0.2, 0) is 9.53 Å². The van der Waals surface area contributed by atoms with Crippen LogP contribution in [0.5, 0.6) is 11.5 Å². The first-order valence-electron chi connectivity index (χ1n) is 12.1. The number of anilines is 1. The molecule has 0 radical (unpaired) electrons. The maximum atomic E-state index is 12.3. The smallest absolute Gasteiger partial charge is 0.338 e. The molecule has 2 aromatic carbocycles. The second-order valence-corrected chi connectivity index (χ2v) is 8.06. The third-order valence-electron chi connectivity index (χ3n) is 5.24. The molecule has 1 N–H and O–H groups in total. The molecule has 2 aromatic rings. The van der Waals surface area contributed by atoms with Gasteiger partial charge in [-0.15, -0.1) is 0 Å². The minimum atomic E-state index is -0.346. The number of esters is 1. The zero-order valence-electron chi connectivity index (χ0n) is 20.6. The number of benzene rings is 2. The Hall–Kier alpha value is -3.28. The summed E-state index contributed by atoms with van der Waals surface area (Å²) in [6, 6.07) is 12.2. The Morgan fingerprint density at radius 2 is 1.56 bits per heavy atom. The van der Waals surface area contributed by atoms with Crippen molar-refractivity contribution in [3.63, 3.8) is 0 Å². The molecular formula is C28H37NO5. The van der Waals surface area contributed by atoms with Crippen molar-refractivity contribution in [1.29, 1.82) is 0 Å². The Bertz CT molecular complexity index is 921. The summed E-state index contributed by atoms with van der Waals surface area (Å²) < 4.78 is 16.5. The number of rotatable bonds is 15. The van der Waals surface area contributed by atoms with Gasteiger partial charge in [0.05, 0.1) is 25.9 Å². The number of ether oxygens (including phenoxy) is 3. The second-order valence-electron chi connectivity index (χ2n) is 8.06. The van der Waals surface area contributed by atoms with Crippen molar-refractivity contribution in [2.45, 2.75) is 58.8 Å². The highest BCUT2D eigenvalue weighted by molar-refractivity contribution is 6.02. The van der Waals surface area contributed by atoms with E-state index < -0.39 is 0 Å². The Morgan fingerprint density at radius 3 is 2.26 bits per heavy atom. The van der Waals surface area contributed by atoms with Crippen LogP contribution >= 0.6 is 0 Å². The molecule has 0 unspecified atom stereocenters. The second kappa shape index (κ2) is 15.5. The van der Waals surface area contributed by atoms with Crippen LogP contribution in [0.1, 0.15) is 74.7 Å². The molecule has 0 saturated heterocycles. The fraction of sp³-hybridized carbons (Fsp3) is 0.429. The molecule has 0 heterocycles. The molecule has 0 saturated carbocycles. The maximum absolute atomic E-state index is 12.3. The lowest BCUT2D eigenvalue weighted by molar-refractivity contribution is -0.111. The molecule has 0 aliphatic rings. The minimum absolute atomic E-state index is 0.273. The molecule has 2 rings (SSSR count). The average Bonchev–Trinajstić information content (AvgIpc) is 2.86. The van der Waals surface area contributed by atoms with Crippen LogP contribution in [0, 0.1) is 0 Å². The maximum Gasteiger partial charge on any atom is 0.338 e. The molecule has 6 heteroatoms. The van der Waals surface area contributed by atoms with Crippen LogP contribution in [0.2, 0.25) is 0 Å². The van der Waals surface area contributed by atoms with E-state index in [1.165, 1.54) is 6.08 Å². The summed E-state index contributed by atoms with van der Waals surface area (Å²) in [5, 5.41) is 2.79. The molecule has 0 aromatic heterocycles. The van der Waals surface area contributed by atoms with Gasteiger partial charge in [-0.1, -0.05) is 52.0 Å². The van der Waals surface area contributed by atoms with Crippen LogP contribution in [0.4, 0.5) is 5.69 Å². The number of carbonyl (C=O) groups excluding carboxylic acids is 2. The van der Waals surface area contributed by atoms with Gasteiger partial charge in [-0.2, -0.15) is 0 Å². The van der Waals surface area contributed by atoms with Crippen LogP contribution in [0.25, 0.3) is 6.08 Å².